The number of aromatic amines is 1. The van der Waals surface area contributed by atoms with Crippen LogP contribution in [0.1, 0.15) is 74.8 Å². The third kappa shape index (κ3) is 8.07. The molecule has 4 aromatic rings. The van der Waals surface area contributed by atoms with Crippen LogP contribution in [0.15, 0.2) is 79.0 Å². The number of piperidine rings is 1. The molecule has 0 saturated carbocycles. The van der Waals surface area contributed by atoms with E-state index in [4.69, 9.17) is 4.74 Å². The Kier molecular flexibility index (Phi) is 9.56. The van der Waals surface area contributed by atoms with Crippen molar-refractivity contribution < 1.29 is 27.5 Å². The fraction of sp³-hybridized carbons (Fsp3) is 0.389. The van der Waals surface area contributed by atoms with Crippen LogP contribution in [0.4, 0.5) is 18.9 Å². The van der Waals surface area contributed by atoms with Gasteiger partial charge in [0.2, 0.25) is 5.91 Å². The standard InChI is InChI=1S/C36H40F3N3O3/c1-35(2,3)45-33(44)19-17-26-23-40-29-18-16-24(21-28(26)29)22-32(43)41-34(25-11-5-4-6-12-25)27-13-7-8-14-30(27)42-20-10-9-15-31(42)36(37,38)39/h4-8,11-14,16,18,21,23,31,34,40H,9-10,15,17,19-20,22H2,1-3H3,(H,41,43). The van der Waals surface area contributed by atoms with E-state index in [9.17, 15) is 22.8 Å². The lowest BCUT2D eigenvalue weighted by Gasteiger charge is -2.40. The van der Waals surface area contributed by atoms with Gasteiger partial charge in [-0.2, -0.15) is 13.2 Å². The summed E-state index contributed by atoms with van der Waals surface area (Å²) < 4.78 is 47.8. The maximum absolute atomic E-state index is 14.1. The number of rotatable bonds is 9. The van der Waals surface area contributed by atoms with Gasteiger partial charge in [-0.3, -0.25) is 9.59 Å². The summed E-state index contributed by atoms with van der Waals surface area (Å²) in [5, 5.41) is 4.06. The van der Waals surface area contributed by atoms with Crippen molar-refractivity contribution in [3.63, 3.8) is 0 Å². The molecule has 3 aromatic carbocycles. The Labute approximate surface area is 262 Å². The van der Waals surface area contributed by atoms with Gasteiger partial charge in [0.1, 0.15) is 11.6 Å². The lowest BCUT2D eigenvalue weighted by Crippen LogP contribution is -2.49. The summed E-state index contributed by atoms with van der Waals surface area (Å²) in [6, 6.07) is 19.9. The lowest BCUT2D eigenvalue weighted by atomic mass is 9.93. The summed E-state index contributed by atoms with van der Waals surface area (Å²) >= 11 is 0. The second kappa shape index (κ2) is 13.4. The van der Waals surface area contributed by atoms with Crippen LogP contribution in [-0.4, -0.2) is 41.2 Å². The van der Waals surface area contributed by atoms with Crippen molar-refractivity contribution in [1.82, 2.24) is 10.3 Å². The number of H-pyrrole nitrogens is 1. The Morgan fingerprint density at radius 2 is 1.73 bits per heavy atom. The Morgan fingerprint density at radius 3 is 2.47 bits per heavy atom. The topological polar surface area (TPSA) is 74.4 Å². The van der Waals surface area contributed by atoms with Gasteiger partial charge in [-0.05, 0) is 81.3 Å². The first-order valence-electron chi connectivity index (χ1n) is 15.5. The Bertz CT molecular complexity index is 1630. The van der Waals surface area contributed by atoms with Gasteiger partial charge in [-0.25, -0.2) is 0 Å². The number of carbonyl (C=O) groups is 2. The van der Waals surface area contributed by atoms with Gasteiger partial charge in [-0.1, -0.05) is 54.6 Å². The number of alkyl halides is 3. The average Bonchev–Trinajstić information content (AvgIpc) is 3.40. The second-order valence-electron chi connectivity index (χ2n) is 12.7. The molecule has 2 heterocycles. The van der Waals surface area contributed by atoms with Crippen LogP contribution in [0.5, 0.6) is 0 Å². The molecule has 238 valence electrons. The van der Waals surface area contributed by atoms with E-state index in [-0.39, 0.29) is 31.1 Å². The quantitative estimate of drug-likeness (QED) is 0.188. The molecule has 2 unspecified atom stereocenters. The number of esters is 1. The minimum atomic E-state index is -4.36. The maximum Gasteiger partial charge on any atom is 0.408 e. The number of aryl methyl sites for hydroxylation is 1. The Morgan fingerprint density at radius 1 is 1.00 bits per heavy atom. The number of ether oxygens (including phenoxy) is 1. The van der Waals surface area contributed by atoms with Crippen molar-refractivity contribution in [3.05, 3.63) is 101 Å². The third-order valence-corrected chi connectivity index (χ3v) is 8.09. The Balaban J connectivity index is 1.38. The normalized spacial score (nSPS) is 16.4. The highest BCUT2D eigenvalue weighted by atomic mass is 19.4. The number of nitrogens with zero attached hydrogens (tertiary/aromatic N) is 1. The molecule has 1 aliphatic rings. The summed E-state index contributed by atoms with van der Waals surface area (Å²) in [4.78, 5) is 30.6. The van der Waals surface area contributed by atoms with Crippen LogP contribution in [0.25, 0.3) is 10.9 Å². The number of amides is 1. The van der Waals surface area contributed by atoms with Crippen LogP contribution < -0.4 is 10.2 Å². The van der Waals surface area contributed by atoms with Crippen molar-refractivity contribution in [2.45, 2.75) is 83.2 Å². The molecule has 9 heteroatoms. The molecule has 1 fully saturated rings. The molecule has 1 aliphatic heterocycles. The number of halogens is 3. The molecular formula is C36H40F3N3O3. The van der Waals surface area contributed by atoms with Gasteiger partial charge in [0.05, 0.1) is 12.5 Å². The van der Waals surface area contributed by atoms with Crippen LogP contribution in [0.3, 0.4) is 0 Å². The summed E-state index contributed by atoms with van der Waals surface area (Å²) in [5.74, 6) is -0.527. The molecule has 2 atom stereocenters. The zero-order valence-corrected chi connectivity index (χ0v) is 25.9. The molecule has 0 spiro atoms. The van der Waals surface area contributed by atoms with E-state index in [1.165, 1.54) is 4.90 Å². The molecule has 5 rings (SSSR count). The first-order valence-corrected chi connectivity index (χ1v) is 15.5. The highest BCUT2D eigenvalue weighted by molar-refractivity contribution is 5.87. The highest BCUT2D eigenvalue weighted by Crippen LogP contribution is 2.39. The zero-order valence-electron chi connectivity index (χ0n) is 25.9. The van der Waals surface area contributed by atoms with Gasteiger partial charge in [0.15, 0.2) is 0 Å². The Hall–Kier alpha value is -4.27. The fourth-order valence-corrected chi connectivity index (χ4v) is 6.11. The van der Waals surface area contributed by atoms with E-state index >= 15 is 0 Å². The molecular weight excluding hydrogens is 579 g/mol. The second-order valence-corrected chi connectivity index (χ2v) is 12.7. The molecule has 2 N–H and O–H groups in total. The van der Waals surface area contributed by atoms with Gasteiger partial charge in [0.25, 0.3) is 0 Å². The molecule has 0 bridgehead atoms. The number of fused-ring (bicyclic) bond motifs is 1. The molecule has 0 aliphatic carbocycles. The van der Waals surface area contributed by atoms with Crippen LogP contribution in [-0.2, 0) is 27.2 Å². The number of hydrogen-bond donors (Lipinski definition) is 2. The maximum atomic E-state index is 14.1. The molecule has 1 saturated heterocycles. The van der Waals surface area contributed by atoms with Crippen LogP contribution in [0.2, 0.25) is 0 Å². The largest absolute Gasteiger partial charge is 0.460 e. The number of anilines is 1. The van der Waals surface area contributed by atoms with E-state index in [1.807, 2.05) is 75.5 Å². The number of aromatic nitrogens is 1. The van der Waals surface area contributed by atoms with Gasteiger partial charge in [0, 0.05) is 41.3 Å². The molecule has 0 radical (unpaired) electrons. The van der Waals surface area contributed by atoms with Crippen molar-refractivity contribution in [3.8, 4) is 0 Å². The van der Waals surface area contributed by atoms with E-state index in [0.717, 1.165) is 27.6 Å². The first-order chi connectivity index (χ1) is 21.4. The predicted molar refractivity (Wildman–Crippen MR) is 170 cm³/mol. The van der Waals surface area contributed by atoms with Gasteiger partial charge in [-0.15, -0.1) is 0 Å². The lowest BCUT2D eigenvalue weighted by molar-refractivity contribution is -0.155. The fourth-order valence-electron chi connectivity index (χ4n) is 6.11. The summed E-state index contributed by atoms with van der Waals surface area (Å²) in [6.07, 6.45) is -0.445. The zero-order chi connectivity index (χ0) is 32.2. The molecule has 1 aromatic heterocycles. The first kappa shape index (κ1) is 32.1. The minimum Gasteiger partial charge on any atom is -0.460 e. The van der Waals surface area contributed by atoms with E-state index in [0.29, 0.717) is 37.1 Å². The smallest absolute Gasteiger partial charge is 0.408 e. The number of para-hydroxylation sites is 1. The third-order valence-electron chi connectivity index (χ3n) is 8.09. The van der Waals surface area contributed by atoms with Crippen LogP contribution >= 0.6 is 0 Å². The summed E-state index contributed by atoms with van der Waals surface area (Å²) in [7, 11) is 0. The molecule has 1 amide bonds. The van der Waals surface area contributed by atoms with Gasteiger partial charge < -0.3 is 19.9 Å². The van der Waals surface area contributed by atoms with Crippen LogP contribution in [0, 0.1) is 0 Å². The average molecular weight is 620 g/mol. The van der Waals surface area contributed by atoms with E-state index < -0.39 is 23.9 Å². The van der Waals surface area contributed by atoms with E-state index in [2.05, 4.69) is 10.3 Å². The van der Waals surface area contributed by atoms with Crippen molar-refractivity contribution in [2.75, 3.05) is 11.4 Å². The van der Waals surface area contributed by atoms with Gasteiger partial charge >= 0.3 is 12.1 Å². The van der Waals surface area contributed by atoms with Crippen molar-refractivity contribution >= 4 is 28.5 Å². The number of benzene rings is 3. The minimum absolute atomic E-state index is 0.0432. The van der Waals surface area contributed by atoms with E-state index in [1.54, 1.807) is 24.3 Å². The van der Waals surface area contributed by atoms with Crippen molar-refractivity contribution in [1.29, 1.82) is 0 Å². The number of nitrogens with one attached hydrogen (secondary N) is 2. The number of carbonyl (C=O) groups excluding carboxylic acids is 2. The summed E-state index contributed by atoms with van der Waals surface area (Å²) in [6.45, 7) is 5.80. The molecule has 45 heavy (non-hydrogen) atoms. The van der Waals surface area contributed by atoms with Crippen molar-refractivity contribution in [2.24, 2.45) is 0 Å². The monoisotopic (exact) mass is 619 g/mol. The molecule has 6 nitrogen and oxygen atoms in total. The predicted octanol–water partition coefficient (Wildman–Crippen LogP) is 7.81. The summed E-state index contributed by atoms with van der Waals surface area (Å²) in [5.41, 5.74) is 3.97. The SMILES string of the molecule is CC(C)(C)OC(=O)CCc1c[nH]c2ccc(CC(=O)NC(c3ccccc3)c3ccccc3N3CCCCC3C(F)(F)F)cc12. The number of hydrogen-bond acceptors (Lipinski definition) is 4. The highest BCUT2D eigenvalue weighted by Gasteiger charge is 2.45.